The highest BCUT2D eigenvalue weighted by Gasteiger charge is 2.14. The lowest BCUT2D eigenvalue weighted by molar-refractivity contribution is 0.707. The summed E-state index contributed by atoms with van der Waals surface area (Å²) in [6.07, 6.45) is 4.42. The lowest BCUT2D eigenvalue weighted by atomic mass is 10.0. The maximum absolute atomic E-state index is 4.00. The van der Waals surface area contributed by atoms with Crippen molar-refractivity contribution < 1.29 is 0 Å². The first kappa shape index (κ1) is 11.0. The fourth-order valence-corrected chi connectivity index (χ4v) is 2.28. The summed E-state index contributed by atoms with van der Waals surface area (Å²) in [4.78, 5) is 0. The van der Waals surface area contributed by atoms with Crippen molar-refractivity contribution in [1.82, 2.24) is 0 Å². The van der Waals surface area contributed by atoms with Gasteiger partial charge in [-0.15, -0.1) is 6.58 Å². The Morgan fingerprint density at radius 3 is 2.94 bits per heavy atom. The van der Waals surface area contributed by atoms with Gasteiger partial charge in [-0.05, 0) is 38.3 Å². The maximum atomic E-state index is 4.00. The summed E-state index contributed by atoms with van der Waals surface area (Å²) < 4.78 is 0. The molecule has 0 unspecified atom stereocenters. The van der Waals surface area contributed by atoms with Gasteiger partial charge in [-0.2, -0.15) is 0 Å². The van der Waals surface area contributed by atoms with Gasteiger partial charge in [-0.3, -0.25) is 0 Å². The van der Waals surface area contributed by atoms with E-state index in [-0.39, 0.29) is 0 Å². The van der Waals surface area contributed by atoms with Gasteiger partial charge in [0.25, 0.3) is 0 Å². The summed E-state index contributed by atoms with van der Waals surface area (Å²) in [5.41, 5.74) is 5.21. The molecule has 1 aliphatic heterocycles. The standard InChI is InChI=1S/C15H19N/c1-11(2)8-14-10-12(3)9-13-6-4-5-7-15(13)16-14/h4-7,9,14,16H,1,8,10H2,2-3H3/t14-/m0/s1. The second kappa shape index (κ2) is 4.56. The van der Waals surface area contributed by atoms with E-state index >= 15 is 0 Å². The highest BCUT2D eigenvalue weighted by atomic mass is 14.9. The fraction of sp³-hybridized carbons (Fsp3) is 0.333. The molecule has 0 aliphatic carbocycles. The molecule has 2 rings (SSSR count). The minimum Gasteiger partial charge on any atom is -0.381 e. The Kier molecular flexibility index (Phi) is 3.14. The zero-order chi connectivity index (χ0) is 11.5. The van der Waals surface area contributed by atoms with Gasteiger partial charge < -0.3 is 5.32 Å². The number of hydrogen-bond donors (Lipinski definition) is 1. The largest absolute Gasteiger partial charge is 0.381 e. The smallest absolute Gasteiger partial charge is 0.0416 e. The van der Waals surface area contributed by atoms with Crippen molar-refractivity contribution >= 4 is 11.8 Å². The molecule has 84 valence electrons. The second-order valence-electron chi connectivity index (χ2n) is 4.78. The molecule has 1 aliphatic rings. The van der Waals surface area contributed by atoms with E-state index in [1.807, 2.05) is 0 Å². The maximum Gasteiger partial charge on any atom is 0.0416 e. The van der Waals surface area contributed by atoms with Crippen molar-refractivity contribution in [2.45, 2.75) is 32.7 Å². The van der Waals surface area contributed by atoms with Crippen LogP contribution in [0.2, 0.25) is 0 Å². The van der Waals surface area contributed by atoms with E-state index in [1.165, 1.54) is 22.4 Å². The van der Waals surface area contributed by atoms with Gasteiger partial charge in [0.1, 0.15) is 0 Å². The number of hydrogen-bond acceptors (Lipinski definition) is 1. The molecule has 0 amide bonds. The van der Waals surface area contributed by atoms with E-state index in [0.717, 1.165) is 12.8 Å². The summed E-state index contributed by atoms with van der Waals surface area (Å²) in [5.74, 6) is 0. The van der Waals surface area contributed by atoms with Crippen molar-refractivity contribution in [1.29, 1.82) is 0 Å². The SMILES string of the molecule is C=C(C)C[C@H]1CC(C)=Cc2ccccc2N1. The summed E-state index contributed by atoms with van der Waals surface area (Å²) in [6.45, 7) is 8.30. The number of rotatable bonds is 2. The van der Waals surface area contributed by atoms with Crippen LogP contribution in [0.1, 0.15) is 32.3 Å². The monoisotopic (exact) mass is 213 g/mol. The first-order chi connectivity index (χ1) is 7.65. The molecule has 0 bridgehead atoms. The number of benzene rings is 1. The molecule has 1 N–H and O–H groups in total. The molecule has 0 radical (unpaired) electrons. The van der Waals surface area contributed by atoms with Gasteiger partial charge in [-0.25, -0.2) is 0 Å². The lowest BCUT2D eigenvalue weighted by Crippen LogP contribution is -2.19. The van der Waals surface area contributed by atoms with E-state index in [0.29, 0.717) is 6.04 Å². The molecule has 0 fully saturated rings. The first-order valence-electron chi connectivity index (χ1n) is 5.82. The van der Waals surface area contributed by atoms with Crippen molar-refractivity contribution in [3.8, 4) is 0 Å². The van der Waals surface area contributed by atoms with E-state index in [2.05, 4.69) is 56.1 Å². The van der Waals surface area contributed by atoms with Crippen LogP contribution in [0.5, 0.6) is 0 Å². The van der Waals surface area contributed by atoms with Crippen LogP contribution in [-0.2, 0) is 0 Å². The van der Waals surface area contributed by atoms with E-state index in [4.69, 9.17) is 0 Å². The first-order valence-corrected chi connectivity index (χ1v) is 5.82. The molecular weight excluding hydrogens is 194 g/mol. The zero-order valence-electron chi connectivity index (χ0n) is 10.1. The fourth-order valence-electron chi connectivity index (χ4n) is 2.28. The summed E-state index contributed by atoms with van der Waals surface area (Å²) >= 11 is 0. The second-order valence-corrected chi connectivity index (χ2v) is 4.78. The highest BCUT2D eigenvalue weighted by molar-refractivity contribution is 5.69. The third-order valence-electron chi connectivity index (χ3n) is 2.89. The van der Waals surface area contributed by atoms with Crippen molar-refractivity contribution in [2.24, 2.45) is 0 Å². The molecule has 1 aromatic rings. The Morgan fingerprint density at radius 1 is 1.44 bits per heavy atom. The zero-order valence-corrected chi connectivity index (χ0v) is 10.1. The predicted octanol–water partition coefficient (Wildman–Crippen LogP) is 4.24. The normalized spacial score (nSPS) is 19.1. The Labute approximate surface area is 97.9 Å². The Morgan fingerprint density at radius 2 is 2.19 bits per heavy atom. The van der Waals surface area contributed by atoms with Gasteiger partial charge in [0.2, 0.25) is 0 Å². The van der Waals surface area contributed by atoms with Crippen LogP contribution in [0, 0.1) is 0 Å². The third-order valence-corrected chi connectivity index (χ3v) is 2.89. The summed E-state index contributed by atoms with van der Waals surface area (Å²) in [7, 11) is 0. The molecule has 0 aromatic heterocycles. The van der Waals surface area contributed by atoms with Crippen LogP contribution in [-0.4, -0.2) is 6.04 Å². The summed E-state index contributed by atoms with van der Waals surface area (Å²) in [6, 6.07) is 8.96. The molecule has 16 heavy (non-hydrogen) atoms. The van der Waals surface area contributed by atoms with Crippen LogP contribution < -0.4 is 5.32 Å². The van der Waals surface area contributed by atoms with Gasteiger partial charge >= 0.3 is 0 Å². The van der Waals surface area contributed by atoms with Gasteiger partial charge in [0, 0.05) is 11.7 Å². The number of fused-ring (bicyclic) bond motifs is 1. The Bertz CT molecular complexity index is 429. The molecule has 1 nitrogen and oxygen atoms in total. The average molecular weight is 213 g/mol. The van der Waals surface area contributed by atoms with Crippen LogP contribution in [0.25, 0.3) is 6.08 Å². The van der Waals surface area contributed by atoms with Crippen molar-refractivity contribution in [3.63, 3.8) is 0 Å². The highest BCUT2D eigenvalue weighted by Crippen LogP contribution is 2.27. The summed E-state index contributed by atoms with van der Waals surface area (Å²) in [5, 5.41) is 3.61. The molecule has 0 saturated heterocycles. The molecule has 1 atom stereocenters. The molecule has 0 spiro atoms. The third kappa shape index (κ3) is 2.54. The molecule has 1 heteroatoms. The van der Waals surface area contributed by atoms with Crippen LogP contribution >= 0.6 is 0 Å². The number of para-hydroxylation sites is 1. The molecular formula is C15H19N. The average Bonchev–Trinajstić information content (AvgIpc) is 2.33. The van der Waals surface area contributed by atoms with Crippen LogP contribution in [0.15, 0.2) is 42.0 Å². The van der Waals surface area contributed by atoms with E-state index in [9.17, 15) is 0 Å². The predicted molar refractivity (Wildman–Crippen MR) is 71.6 cm³/mol. The quantitative estimate of drug-likeness (QED) is 0.724. The number of nitrogens with one attached hydrogen (secondary N) is 1. The lowest BCUT2D eigenvalue weighted by Gasteiger charge is -2.18. The Balaban J connectivity index is 2.28. The van der Waals surface area contributed by atoms with Crippen LogP contribution in [0.4, 0.5) is 5.69 Å². The van der Waals surface area contributed by atoms with Gasteiger partial charge in [-0.1, -0.05) is 35.4 Å². The molecule has 1 heterocycles. The number of anilines is 1. The van der Waals surface area contributed by atoms with Crippen LogP contribution in [0.3, 0.4) is 0 Å². The van der Waals surface area contributed by atoms with E-state index < -0.39 is 0 Å². The topological polar surface area (TPSA) is 12.0 Å². The Hall–Kier alpha value is -1.50. The van der Waals surface area contributed by atoms with Crippen molar-refractivity contribution in [3.05, 3.63) is 47.6 Å². The van der Waals surface area contributed by atoms with Gasteiger partial charge in [0.05, 0.1) is 0 Å². The van der Waals surface area contributed by atoms with Gasteiger partial charge in [0.15, 0.2) is 0 Å². The molecule has 1 aromatic carbocycles. The van der Waals surface area contributed by atoms with Crippen molar-refractivity contribution in [2.75, 3.05) is 5.32 Å². The minimum absolute atomic E-state index is 0.484. The molecule has 0 saturated carbocycles. The van der Waals surface area contributed by atoms with E-state index in [1.54, 1.807) is 0 Å². The minimum atomic E-state index is 0.484.